The second kappa shape index (κ2) is 8.12. The van der Waals surface area contributed by atoms with E-state index in [0.717, 1.165) is 6.07 Å². The van der Waals surface area contributed by atoms with Crippen LogP contribution in [-0.2, 0) is 5.54 Å². The number of hydrogen-bond donors (Lipinski definition) is 2. The van der Waals surface area contributed by atoms with Gasteiger partial charge in [-0.2, -0.15) is 0 Å². The Morgan fingerprint density at radius 2 is 2.18 bits per heavy atom. The van der Waals surface area contributed by atoms with Crippen LogP contribution in [0.25, 0.3) is 11.0 Å². The minimum Gasteiger partial charge on any atom is -0.463 e. The van der Waals surface area contributed by atoms with Crippen LogP contribution in [0.15, 0.2) is 35.6 Å². The number of nitrogens with two attached hydrogens (primary N) is 1. The summed E-state index contributed by atoms with van der Waals surface area (Å²) in [4.78, 5) is 17.1. The number of hydrogen-bond acceptors (Lipinski definition) is 8. The zero-order chi connectivity index (χ0) is 23.2. The number of terminal acetylenes is 1. The summed E-state index contributed by atoms with van der Waals surface area (Å²) in [6.07, 6.45) is 8.67. The molecular weight excluding hydrogens is 453 g/mol. The molecule has 5 rings (SSSR count). The average molecular weight is 470 g/mol. The van der Waals surface area contributed by atoms with Crippen molar-refractivity contribution in [2.45, 2.75) is 17.2 Å². The van der Waals surface area contributed by atoms with Crippen molar-refractivity contribution in [1.29, 1.82) is 0 Å². The van der Waals surface area contributed by atoms with Crippen LogP contribution in [0.1, 0.15) is 12.0 Å². The molecule has 1 unspecified atom stereocenters. The first-order valence-corrected chi connectivity index (χ1v) is 10.9. The van der Waals surface area contributed by atoms with E-state index in [1.165, 1.54) is 30.2 Å². The molecule has 33 heavy (non-hydrogen) atoms. The average Bonchev–Trinajstić information content (AvgIpc) is 3.59. The van der Waals surface area contributed by atoms with Crippen molar-refractivity contribution < 1.29 is 17.9 Å². The molecule has 2 aliphatic rings. The predicted molar refractivity (Wildman–Crippen MR) is 120 cm³/mol. The molecule has 11 heteroatoms. The molecule has 3 N–H and O–H groups in total. The number of nitrogens with one attached hydrogen (secondary N) is 1. The maximum Gasteiger partial charge on any atom is 0.233 e. The molecule has 1 aliphatic heterocycles. The summed E-state index contributed by atoms with van der Waals surface area (Å²) in [5.74, 6) is 0.292. The van der Waals surface area contributed by atoms with Gasteiger partial charge >= 0.3 is 0 Å². The van der Waals surface area contributed by atoms with Crippen molar-refractivity contribution in [1.82, 2.24) is 15.0 Å². The van der Waals surface area contributed by atoms with E-state index in [1.54, 1.807) is 6.07 Å². The van der Waals surface area contributed by atoms with Gasteiger partial charge in [0.05, 0.1) is 11.7 Å². The molecule has 2 aromatic heterocycles. The number of halogens is 3. The third-order valence-corrected chi connectivity index (χ3v) is 6.79. The highest BCUT2D eigenvalue weighted by atomic mass is 32.2. The van der Waals surface area contributed by atoms with Crippen LogP contribution < -0.4 is 15.8 Å². The minimum atomic E-state index is -1.56. The van der Waals surface area contributed by atoms with Gasteiger partial charge in [-0.05, 0) is 18.6 Å². The number of pyridine rings is 1. The summed E-state index contributed by atoms with van der Waals surface area (Å²) >= 11 is 1.33. The van der Waals surface area contributed by atoms with Gasteiger partial charge in [0.1, 0.15) is 17.7 Å². The number of alkyl halides is 1. The molecular formula is C22H17F3N6OS. The van der Waals surface area contributed by atoms with E-state index in [9.17, 15) is 13.2 Å². The fourth-order valence-electron chi connectivity index (χ4n) is 4.04. The Kier molecular flexibility index (Phi) is 5.25. The van der Waals surface area contributed by atoms with Crippen LogP contribution in [-0.4, -0.2) is 38.7 Å². The van der Waals surface area contributed by atoms with Gasteiger partial charge in [-0.3, -0.25) is 0 Å². The molecule has 168 valence electrons. The molecule has 1 aromatic carbocycles. The Morgan fingerprint density at radius 1 is 1.33 bits per heavy atom. The second-order valence-corrected chi connectivity index (χ2v) is 8.94. The molecule has 3 heterocycles. The molecule has 7 nitrogen and oxygen atoms in total. The number of nitrogens with zero attached hydrogens (tertiary/aromatic N) is 4. The molecule has 3 atom stereocenters. The lowest BCUT2D eigenvalue weighted by atomic mass is 9.85. The first kappa shape index (κ1) is 21.3. The number of anilines is 2. The number of ether oxygens (including phenoxy) is 1. The lowest BCUT2D eigenvalue weighted by Gasteiger charge is -2.31. The van der Waals surface area contributed by atoms with E-state index in [0.29, 0.717) is 17.5 Å². The van der Waals surface area contributed by atoms with Gasteiger partial charge in [-0.15, -0.1) is 6.42 Å². The molecule has 1 aliphatic carbocycles. The predicted octanol–water partition coefficient (Wildman–Crippen LogP) is 3.67. The minimum absolute atomic E-state index is 0.0394. The van der Waals surface area contributed by atoms with E-state index in [1.807, 2.05) is 0 Å². The largest absolute Gasteiger partial charge is 0.463 e. The van der Waals surface area contributed by atoms with Crippen LogP contribution in [0.2, 0.25) is 0 Å². The molecule has 0 bridgehead atoms. The quantitative estimate of drug-likeness (QED) is 0.531. The third-order valence-electron chi connectivity index (χ3n) is 5.63. The lowest BCUT2D eigenvalue weighted by Crippen LogP contribution is -2.37. The highest BCUT2D eigenvalue weighted by Gasteiger charge is 2.58. The number of aliphatic imine (C=N–C) groups is 1. The van der Waals surface area contributed by atoms with Crippen LogP contribution >= 0.6 is 11.8 Å². The normalized spacial score (nSPS) is 23.4. The Labute approximate surface area is 191 Å². The molecule has 3 aromatic rings. The topological polar surface area (TPSA) is 98.3 Å². The fourth-order valence-corrected chi connectivity index (χ4v) is 5.26. The summed E-state index contributed by atoms with van der Waals surface area (Å²) < 4.78 is 49.1. The fraction of sp³-hybridized carbons (Fsp3) is 0.273. The van der Waals surface area contributed by atoms with E-state index in [4.69, 9.17) is 16.9 Å². The maximum atomic E-state index is 14.9. The van der Waals surface area contributed by atoms with Crippen molar-refractivity contribution in [3.63, 3.8) is 0 Å². The first-order valence-electron chi connectivity index (χ1n) is 9.97. The SMILES string of the molecule is C#CCOc1cnc2c(Nc3cc(F)c(F)c([C@@]4(CF)N=C(N)SC5C[C@H]54)c3)nccc2n1. The number of rotatable bonds is 6. The lowest BCUT2D eigenvalue weighted by molar-refractivity contribution is 0.269. The Balaban J connectivity index is 1.54. The summed E-state index contributed by atoms with van der Waals surface area (Å²) in [5.41, 5.74) is 5.11. The maximum absolute atomic E-state index is 14.9. The Morgan fingerprint density at radius 3 is 2.97 bits per heavy atom. The Bertz CT molecular complexity index is 1330. The van der Waals surface area contributed by atoms with Gasteiger partial charge in [0.2, 0.25) is 5.88 Å². The number of aromatic nitrogens is 3. The highest BCUT2D eigenvalue weighted by Crippen LogP contribution is 2.58. The van der Waals surface area contributed by atoms with E-state index < -0.39 is 23.8 Å². The van der Waals surface area contributed by atoms with E-state index >= 15 is 0 Å². The third kappa shape index (κ3) is 3.70. The summed E-state index contributed by atoms with van der Waals surface area (Å²) in [5, 5.41) is 3.14. The van der Waals surface area contributed by atoms with Crippen molar-refractivity contribution in [2.75, 3.05) is 18.6 Å². The summed E-state index contributed by atoms with van der Waals surface area (Å²) in [6, 6.07) is 3.94. The van der Waals surface area contributed by atoms with Gasteiger partial charge in [0, 0.05) is 34.7 Å². The molecule has 0 amide bonds. The number of thioether (sulfide) groups is 1. The van der Waals surface area contributed by atoms with Gasteiger partial charge in [-0.1, -0.05) is 17.7 Å². The number of amidine groups is 1. The summed E-state index contributed by atoms with van der Waals surface area (Å²) in [6.45, 7) is -0.953. The number of benzene rings is 1. The summed E-state index contributed by atoms with van der Waals surface area (Å²) in [7, 11) is 0. The standard InChI is InChI=1S/C22H17F3N6OS/c1-2-5-32-17-9-28-19-15(30-17)3-4-27-20(19)29-11-6-13(18(25)14(24)7-11)22(10-23)12-8-16(12)33-21(26)31-22/h1,3-4,6-7,9,12,16H,5,8,10H2,(H2,26,31)(H,27,29)/t12-,16?,22+/m1/s1. The van der Waals surface area contributed by atoms with Crippen LogP contribution in [0, 0.1) is 29.9 Å². The van der Waals surface area contributed by atoms with Crippen molar-refractivity contribution in [2.24, 2.45) is 16.6 Å². The van der Waals surface area contributed by atoms with Crippen LogP contribution in [0.5, 0.6) is 5.88 Å². The van der Waals surface area contributed by atoms with Crippen molar-refractivity contribution in [3.05, 3.63) is 47.8 Å². The number of fused-ring (bicyclic) bond motifs is 2. The van der Waals surface area contributed by atoms with Gasteiger partial charge < -0.3 is 15.8 Å². The molecule has 1 fully saturated rings. The zero-order valence-corrected chi connectivity index (χ0v) is 17.9. The monoisotopic (exact) mass is 470 g/mol. The van der Waals surface area contributed by atoms with Crippen LogP contribution in [0.4, 0.5) is 24.7 Å². The first-order chi connectivity index (χ1) is 15.9. The molecule has 1 saturated carbocycles. The van der Waals surface area contributed by atoms with Crippen molar-refractivity contribution in [3.8, 4) is 18.2 Å². The smallest absolute Gasteiger partial charge is 0.233 e. The zero-order valence-electron chi connectivity index (χ0n) is 17.1. The van der Waals surface area contributed by atoms with E-state index in [2.05, 4.69) is 31.2 Å². The second-order valence-electron chi connectivity index (χ2n) is 7.68. The molecule has 0 spiro atoms. The van der Waals surface area contributed by atoms with Gasteiger partial charge in [0.25, 0.3) is 0 Å². The van der Waals surface area contributed by atoms with Crippen molar-refractivity contribution >= 4 is 39.5 Å². The van der Waals surface area contributed by atoms with Crippen LogP contribution in [0.3, 0.4) is 0 Å². The highest BCUT2D eigenvalue weighted by molar-refractivity contribution is 8.14. The van der Waals surface area contributed by atoms with E-state index in [-0.39, 0.29) is 45.9 Å². The van der Waals surface area contributed by atoms with Gasteiger partial charge in [0.15, 0.2) is 29.2 Å². The molecule has 0 radical (unpaired) electrons. The molecule has 0 saturated heterocycles. The van der Waals surface area contributed by atoms with Gasteiger partial charge in [-0.25, -0.2) is 33.1 Å². The Hall–Kier alpha value is -3.52.